The first kappa shape index (κ1) is 62.5. The van der Waals surface area contributed by atoms with Gasteiger partial charge in [-0.2, -0.15) is 0 Å². The predicted molar refractivity (Wildman–Crippen MR) is 353 cm³/mol. The topological polar surface area (TPSA) is 6.48 Å². The van der Waals surface area contributed by atoms with Crippen molar-refractivity contribution in [2.24, 2.45) is 0 Å². The Hall–Kier alpha value is -5.08. The average molecular weight is 1080 g/mol. The van der Waals surface area contributed by atoms with Gasteiger partial charge in [-0.25, -0.2) is 0 Å². The van der Waals surface area contributed by atoms with Crippen molar-refractivity contribution in [1.29, 1.82) is 0 Å². The molecule has 0 N–H and O–H groups in total. The largest absolute Gasteiger partial charge is 0.311 e. The summed E-state index contributed by atoms with van der Waals surface area (Å²) in [7, 11) is 0. The van der Waals surface area contributed by atoms with Gasteiger partial charge in [0, 0.05) is 39.5 Å². The van der Waals surface area contributed by atoms with Crippen LogP contribution in [0.5, 0.6) is 0 Å². The van der Waals surface area contributed by atoms with Crippen LogP contribution in [0.25, 0.3) is 0 Å². The SMILES string of the molecule is CCCCCCCCCc1ccc(N(c2ccc(CCCCCCCCC)cc2)c2ccc(C3(c4ccc(N(c5ccc(CCCCCCCCC)cc5)c5ccc(CCCCCCCCC)cc5)cc4)CCCCC3)cc2)cc1. The first-order valence-electron chi connectivity index (χ1n) is 33.7. The maximum Gasteiger partial charge on any atom is 0.0461 e. The molecule has 0 bridgehead atoms. The Morgan fingerprint density at radius 2 is 0.438 bits per heavy atom. The van der Waals surface area contributed by atoms with Crippen LogP contribution in [-0.2, 0) is 31.1 Å². The van der Waals surface area contributed by atoms with Crippen LogP contribution in [0.4, 0.5) is 34.1 Å². The summed E-state index contributed by atoms with van der Waals surface area (Å²) < 4.78 is 0. The molecule has 0 atom stereocenters. The van der Waals surface area contributed by atoms with Crippen molar-refractivity contribution in [3.05, 3.63) is 179 Å². The first-order valence-corrected chi connectivity index (χ1v) is 33.7. The Morgan fingerprint density at radius 1 is 0.237 bits per heavy atom. The van der Waals surface area contributed by atoms with Crippen LogP contribution in [0.15, 0.2) is 146 Å². The summed E-state index contributed by atoms with van der Waals surface area (Å²) in [5.41, 5.74) is 16.1. The van der Waals surface area contributed by atoms with E-state index >= 15 is 0 Å². The summed E-state index contributed by atoms with van der Waals surface area (Å²) in [5, 5.41) is 0. The summed E-state index contributed by atoms with van der Waals surface area (Å²) >= 11 is 0. The molecule has 1 aliphatic carbocycles. The van der Waals surface area contributed by atoms with Crippen LogP contribution in [0, 0.1) is 0 Å². The van der Waals surface area contributed by atoms with Gasteiger partial charge in [-0.3, -0.25) is 0 Å². The fraction of sp³-hybridized carbons (Fsp3) is 0.538. The first-order chi connectivity index (χ1) is 39.5. The predicted octanol–water partition coefficient (Wildman–Crippen LogP) is 25.0. The molecule has 0 aliphatic heterocycles. The number of hydrogen-bond donors (Lipinski definition) is 0. The Bertz CT molecular complexity index is 2200. The normalized spacial score (nSPS) is 13.2. The molecule has 7 rings (SSSR count). The molecular weight excluding hydrogens is 965 g/mol. The molecule has 0 spiro atoms. The van der Waals surface area contributed by atoms with Crippen molar-refractivity contribution in [1.82, 2.24) is 0 Å². The molecular formula is C78H110N2. The molecule has 0 amide bonds. The number of anilines is 6. The lowest BCUT2D eigenvalue weighted by molar-refractivity contribution is 0.346. The molecule has 0 saturated heterocycles. The van der Waals surface area contributed by atoms with Crippen LogP contribution < -0.4 is 9.80 Å². The summed E-state index contributed by atoms with van der Waals surface area (Å²) in [4.78, 5) is 5.00. The van der Waals surface area contributed by atoms with E-state index in [1.54, 1.807) is 0 Å². The van der Waals surface area contributed by atoms with Gasteiger partial charge in [-0.15, -0.1) is 0 Å². The lowest BCUT2D eigenvalue weighted by atomic mass is 9.65. The van der Waals surface area contributed by atoms with E-state index in [0.29, 0.717) is 0 Å². The van der Waals surface area contributed by atoms with Crippen molar-refractivity contribution in [3.8, 4) is 0 Å². The number of hydrogen-bond acceptors (Lipinski definition) is 2. The van der Waals surface area contributed by atoms with Crippen molar-refractivity contribution in [2.45, 2.75) is 271 Å². The monoisotopic (exact) mass is 1070 g/mol. The van der Waals surface area contributed by atoms with Crippen molar-refractivity contribution >= 4 is 34.1 Å². The second-order valence-electron chi connectivity index (χ2n) is 24.6. The highest BCUT2D eigenvalue weighted by Crippen LogP contribution is 2.47. The van der Waals surface area contributed by atoms with E-state index in [4.69, 9.17) is 0 Å². The summed E-state index contributed by atoms with van der Waals surface area (Å²) in [6.45, 7) is 9.23. The smallest absolute Gasteiger partial charge is 0.0461 e. The van der Waals surface area contributed by atoms with E-state index in [1.165, 1.54) is 279 Å². The van der Waals surface area contributed by atoms with E-state index in [9.17, 15) is 0 Å². The molecule has 2 nitrogen and oxygen atoms in total. The third-order valence-corrected chi connectivity index (χ3v) is 18.1. The number of unbranched alkanes of at least 4 members (excludes halogenated alkanes) is 24. The third-order valence-electron chi connectivity index (χ3n) is 18.1. The van der Waals surface area contributed by atoms with E-state index in [-0.39, 0.29) is 5.41 Å². The maximum absolute atomic E-state index is 2.50. The van der Waals surface area contributed by atoms with Crippen LogP contribution in [0.2, 0.25) is 0 Å². The molecule has 0 radical (unpaired) electrons. The highest BCUT2D eigenvalue weighted by molar-refractivity contribution is 5.78. The minimum Gasteiger partial charge on any atom is -0.311 e. The van der Waals surface area contributed by atoms with Crippen molar-refractivity contribution in [2.75, 3.05) is 9.80 Å². The molecule has 6 aromatic rings. The van der Waals surface area contributed by atoms with Gasteiger partial charge >= 0.3 is 0 Å². The molecule has 0 unspecified atom stereocenters. The minimum absolute atomic E-state index is 0.0183. The molecule has 432 valence electrons. The molecule has 0 aromatic heterocycles. The second kappa shape index (κ2) is 36.4. The van der Waals surface area contributed by atoms with Crippen LogP contribution in [0.1, 0.15) is 273 Å². The van der Waals surface area contributed by atoms with E-state index in [0.717, 1.165) is 25.7 Å². The fourth-order valence-electron chi connectivity index (χ4n) is 13.0. The Balaban J connectivity index is 1.11. The Labute approximate surface area is 491 Å². The fourth-order valence-corrected chi connectivity index (χ4v) is 13.0. The van der Waals surface area contributed by atoms with Gasteiger partial charge in [0.15, 0.2) is 0 Å². The van der Waals surface area contributed by atoms with Gasteiger partial charge in [0.2, 0.25) is 0 Å². The van der Waals surface area contributed by atoms with Crippen LogP contribution >= 0.6 is 0 Å². The Kier molecular flexibility index (Phi) is 28.4. The van der Waals surface area contributed by atoms with E-state index < -0.39 is 0 Å². The lowest BCUT2D eigenvalue weighted by Gasteiger charge is -2.39. The minimum atomic E-state index is -0.0183. The highest BCUT2D eigenvalue weighted by Gasteiger charge is 2.36. The molecule has 80 heavy (non-hydrogen) atoms. The van der Waals surface area contributed by atoms with Gasteiger partial charge < -0.3 is 9.80 Å². The second-order valence-corrected chi connectivity index (χ2v) is 24.6. The zero-order chi connectivity index (χ0) is 55.7. The van der Waals surface area contributed by atoms with Crippen LogP contribution in [0.3, 0.4) is 0 Å². The standard InChI is InChI=1S/C78H110N2/c1-5-9-13-17-21-25-30-36-66-40-52-72(53-41-66)79(73-54-42-67(43-55-73)37-31-26-22-18-14-10-6-2)76-60-48-70(49-61-76)78(64-34-29-35-65-78)71-50-62-77(63-51-71)80(74-56-44-68(45-57-74)38-32-27-23-19-15-11-7-3)75-58-46-69(47-59-75)39-33-28-24-20-16-12-8-4/h40-63H,5-39,64-65H2,1-4H3. The average Bonchev–Trinajstić information content (AvgIpc) is 3.52. The maximum atomic E-state index is 2.50. The quantitative estimate of drug-likeness (QED) is 0.0354. The summed E-state index contributed by atoms with van der Waals surface area (Å²) in [5.74, 6) is 0. The summed E-state index contributed by atoms with van der Waals surface area (Å²) in [6.07, 6.45) is 48.6. The zero-order valence-electron chi connectivity index (χ0n) is 51.4. The zero-order valence-corrected chi connectivity index (χ0v) is 51.4. The highest BCUT2D eigenvalue weighted by atomic mass is 15.1. The van der Waals surface area contributed by atoms with Crippen molar-refractivity contribution < 1.29 is 0 Å². The number of benzene rings is 6. The molecule has 2 heteroatoms. The molecule has 1 saturated carbocycles. The van der Waals surface area contributed by atoms with Gasteiger partial charge in [-0.05, 0) is 170 Å². The van der Waals surface area contributed by atoms with Crippen LogP contribution in [-0.4, -0.2) is 0 Å². The molecule has 1 aliphatic rings. The van der Waals surface area contributed by atoms with Gasteiger partial charge in [0.1, 0.15) is 0 Å². The number of nitrogens with zero attached hydrogens (tertiary/aromatic N) is 2. The van der Waals surface area contributed by atoms with Gasteiger partial charge in [-0.1, -0.05) is 274 Å². The van der Waals surface area contributed by atoms with E-state index in [1.807, 2.05) is 0 Å². The lowest BCUT2D eigenvalue weighted by Crippen LogP contribution is -2.30. The van der Waals surface area contributed by atoms with Gasteiger partial charge in [0.05, 0.1) is 0 Å². The van der Waals surface area contributed by atoms with E-state index in [2.05, 4.69) is 183 Å². The summed E-state index contributed by atoms with van der Waals surface area (Å²) in [6, 6.07) is 57.8. The molecule has 1 fully saturated rings. The number of aryl methyl sites for hydroxylation is 4. The molecule has 6 aromatic carbocycles. The molecule has 0 heterocycles. The van der Waals surface area contributed by atoms with Gasteiger partial charge in [0.25, 0.3) is 0 Å². The number of rotatable bonds is 40. The van der Waals surface area contributed by atoms with Crippen molar-refractivity contribution in [3.63, 3.8) is 0 Å². The third kappa shape index (κ3) is 20.1. The Morgan fingerprint density at radius 3 is 0.662 bits per heavy atom.